The Morgan fingerprint density at radius 2 is 1.95 bits per heavy atom. The smallest absolute Gasteiger partial charge is 0.272 e. The van der Waals surface area contributed by atoms with E-state index in [0.717, 1.165) is 30.9 Å². The molecular weight excluding hydrogens is 264 g/mol. The maximum Gasteiger partial charge on any atom is 0.272 e. The van der Waals surface area contributed by atoms with Gasteiger partial charge in [-0.15, -0.1) is 10.2 Å². The van der Waals surface area contributed by atoms with Crippen molar-refractivity contribution in [2.75, 3.05) is 11.4 Å². The SMILES string of the molecule is CCN(c1ccccc1)c1ccc(C(=O)NC2CC2)nn1. The highest BCUT2D eigenvalue weighted by Crippen LogP contribution is 2.22. The lowest BCUT2D eigenvalue weighted by molar-refractivity contribution is 0.0945. The highest BCUT2D eigenvalue weighted by molar-refractivity contribution is 5.92. The zero-order valence-corrected chi connectivity index (χ0v) is 12.0. The Bertz CT molecular complexity index is 608. The number of hydrogen-bond acceptors (Lipinski definition) is 4. The van der Waals surface area contributed by atoms with Crippen LogP contribution in [-0.2, 0) is 0 Å². The number of nitrogens with zero attached hydrogens (tertiary/aromatic N) is 3. The normalized spacial score (nSPS) is 13.8. The molecule has 1 aromatic heterocycles. The van der Waals surface area contributed by atoms with E-state index in [1.807, 2.05) is 36.4 Å². The number of anilines is 2. The van der Waals surface area contributed by atoms with Crippen LogP contribution in [0.3, 0.4) is 0 Å². The number of carbonyl (C=O) groups is 1. The molecule has 108 valence electrons. The van der Waals surface area contributed by atoms with Gasteiger partial charge in [0.2, 0.25) is 0 Å². The summed E-state index contributed by atoms with van der Waals surface area (Å²) < 4.78 is 0. The van der Waals surface area contributed by atoms with Crippen LogP contribution >= 0.6 is 0 Å². The van der Waals surface area contributed by atoms with Crippen LogP contribution in [0.2, 0.25) is 0 Å². The Kier molecular flexibility index (Phi) is 3.81. The van der Waals surface area contributed by atoms with Crippen molar-refractivity contribution in [3.63, 3.8) is 0 Å². The molecule has 1 aliphatic carbocycles. The Labute approximate surface area is 124 Å². The van der Waals surface area contributed by atoms with Gasteiger partial charge in [-0.3, -0.25) is 4.79 Å². The van der Waals surface area contributed by atoms with Gasteiger partial charge in [0, 0.05) is 18.3 Å². The van der Waals surface area contributed by atoms with Gasteiger partial charge in [-0.25, -0.2) is 0 Å². The lowest BCUT2D eigenvalue weighted by Crippen LogP contribution is -2.27. The van der Waals surface area contributed by atoms with Gasteiger partial charge in [-0.2, -0.15) is 0 Å². The molecule has 0 spiro atoms. The largest absolute Gasteiger partial charge is 0.348 e. The van der Waals surface area contributed by atoms with Gasteiger partial charge in [-0.05, 0) is 44.0 Å². The zero-order chi connectivity index (χ0) is 14.7. The van der Waals surface area contributed by atoms with Crippen molar-refractivity contribution in [2.24, 2.45) is 0 Å². The first kappa shape index (κ1) is 13.5. The highest BCUT2D eigenvalue weighted by atomic mass is 16.2. The van der Waals surface area contributed by atoms with Gasteiger partial charge < -0.3 is 10.2 Å². The van der Waals surface area contributed by atoms with Gasteiger partial charge in [0.05, 0.1) is 0 Å². The molecule has 1 saturated carbocycles. The maximum atomic E-state index is 11.9. The molecule has 3 rings (SSSR count). The Morgan fingerprint density at radius 3 is 2.52 bits per heavy atom. The molecule has 0 aliphatic heterocycles. The molecule has 1 heterocycles. The average Bonchev–Trinajstić information content (AvgIpc) is 3.34. The lowest BCUT2D eigenvalue weighted by atomic mass is 10.2. The average molecular weight is 282 g/mol. The van der Waals surface area contributed by atoms with E-state index < -0.39 is 0 Å². The number of nitrogens with one attached hydrogen (secondary N) is 1. The quantitative estimate of drug-likeness (QED) is 0.915. The third kappa shape index (κ3) is 3.18. The van der Waals surface area contributed by atoms with Crippen molar-refractivity contribution in [1.29, 1.82) is 0 Å². The Balaban J connectivity index is 1.77. The maximum absolute atomic E-state index is 11.9. The van der Waals surface area contributed by atoms with Crippen LogP contribution in [0.25, 0.3) is 0 Å². The van der Waals surface area contributed by atoms with Crippen molar-refractivity contribution in [2.45, 2.75) is 25.8 Å². The second-order valence-electron chi connectivity index (χ2n) is 5.10. The van der Waals surface area contributed by atoms with E-state index in [1.54, 1.807) is 6.07 Å². The third-order valence-corrected chi connectivity index (χ3v) is 3.46. The van der Waals surface area contributed by atoms with Gasteiger partial charge in [0.25, 0.3) is 5.91 Å². The van der Waals surface area contributed by atoms with Crippen LogP contribution in [0.5, 0.6) is 0 Å². The molecule has 0 radical (unpaired) electrons. The minimum atomic E-state index is -0.140. The number of amides is 1. The Hall–Kier alpha value is -2.43. The number of para-hydroxylation sites is 1. The molecule has 0 atom stereocenters. The predicted octanol–water partition coefficient (Wildman–Crippen LogP) is 2.53. The minimum absolute atomic E-state index is 0.140. The molecule has 1 aromatic carbocycles. The number of aromatic nitrogens is 2. The molecule has 21 heavy (non-hydrogen) atoms. The molecule has 1 N–H and O–H groups in total. The van der Waals surface area contributed by atoms with Crippen LogP contribution in [0.1, 0.15) is 30.3 Å². The Morgan fingerprint density at radius 1 is 1.19 bits per heavy atom. The van der Waals surface area contributed by atoms with Crippen LogP contribution in [0.4, 0.5) is 11.5 Å². The summed E-state index contributed by atoms with van der Waals surface area (Å²) in [4.78, 5) is 13.9. The number of rotatable bonds is 5. The number of hydrogen-bond donors (Lipinski definition) is 1. The van der Waals surface area contributed by atoms with Gasteiger partial charge in [0.1, 0.15) is 0 Å². The molecule has 5 heteroatoms. The van der Waals surface area contributed by atoms with E-state index in [-0.39, 0.29) is 5.91 Å². The van der Waals surface area contributed by atoms with Crippen molar-refractivity contribution in [1.82, 2.24) is 15.5 Å². The minimum Gasteiger partial charge on any atom is -0.348 e. The fourth-order valence-electron chi connectivity index (χ4n) is 2.16. The summed E-state index contributed by atoms with van der Waals surface area (Å²) in [6.07, 6.45) is 2.13. The van der Waals surface area contributed by atoms with Crippen molar-refractivity contribution in [3.8, 4) is 0 Å². The summed E-state index contributed by atoms with van der Waals surface area (Å²) in [5.74, 6) is 0.603. The predicted molar refractivity (Wildman–Crippen MR) is 81.6 cm³/mol. The van der Waals surface area contributed by atoms with E-state index in [0.29, 0.717) is 11.7 Å². The lowest BCUT2D eigenvalue weighted by Gasteiger charge is -2.21. The van der Waals surface area contributed by atoms with Crippen molar-refractivity contribution in [3.05, 3.63) is 48.2 Å². The second kappa shape index (κ2) is 5.91. The molecule has 1 aliphatic rings. The fraction of sp³-hybridized carbons (Fsp3) is 0.312. The zero-order valence-electron chi connectivity index (χ0n) is 12.0. The molecule has 0 bridgehead atoms. The standard InChI is InChI=1S/C16H18N4O/c1-2-20(13-6-4-3-5-7-13)15-11-10-14(18-19-15)16(21)17-12-8-9-12/h3-7,10-12H,2,8-9H2,1H3,(H,17,21). The van der Waals surface area contributed by atoms with Crippen molar-refractivity contribution < 1.29 is 4.79 Å². The van der Waals surface area contributed by atoms with Crippen molar-refractivity contribution >= 4 is 17.4 Å². The highest BCUT2D eigenvalue weighted by Gasteiger charge is 2.24. The molecule has 0 saturated heterocycles. The summed E-state index contributed by atoms with van der Waals surface area (Å²) in [6.45, 7) is 2.84. The summed E-state index contributed by atoms with van der Waals surface area (Å²) in [5, 5.41) is 11.1. The van der Waals surface area contributed by atoms with E-state index in [4.69, 9.17) is 0 Å². The third-order valence-electron chi connectivity index (χ3n) is 3.46. The summed E-state index contributed by atoms with van der Waals surface area (Å²) in [7, 11) is 0. The number of carbonyl (C=O) groups excluding carboxylic acids is 1. The molecular formula is C16H18N4O. The molecule has 1 amide bonds. The first-order valence-corrected chi connectivity index (χ1v) is 7.25. The molecule has 5 nitrogen and oxygen atoms in total. The van der Waals surface area contributed by atoms with Crippen LogP contribution in [-0.4, -0.2) is 28.7 Å². The van der Waals surface area contributed by atoms with Crippen LogP contribution < -0.4 is 10.2 Å². The summed E-state index contributed by atoms with van der Waals surface area (Å²) in [5.41, 5.74) is 1.43. The van der Waals surface area contributed by atoms with E-state index in [2.05, 4.69) is 27.3 Å². The topological polar surface area (TPSA) is 58.1 Å². The van der Waals surface area contributed by atoms with Gasteiger partial charge in [-0.1, -0.05) is 18.2 Å². The first-order chi connectivity index (χ1) is 10.3. The van der Waals surface area contributed by atoms with E-state index in [1.165, 1.54) is 0 Å². The summed E-state index contributed by atoms with van der Waals surface area (Å²) in [6, 6.07) is 13.9. The van der Waals surface area contributed by atoms with Crippen LogP contribution in [0.15, 0.2) is 42.5 Å². The second-order valence-corrected chi connectivity index (χ2v) is 5.10. The molecule has 1 fully saturated rings. The van der Waals surface area contributed by atoms with E-state index in [9.17, 15) is 4.79 Å². The van der Waals surface area contributed by atoms with Gasteiger partial charge >= 0.3 is 0 Å². The van der Waals surface area contributed by atoms with E-state index >= 15 is 0 Å². The monoisotopic (exact) mass is 282 g/mol. The first-order valence-electron chi connectivity index (χ1n) is 7.25. The summed E-state index contributed by atoms with van der Waals surface area (Å²) >= 11 is 0. The molecule has 2 aromatic rings. The van der Waals surface area contributed by atoms with Crippen LogP contribution in [0, 0.1) is 0 Å². The molecule has 0 unspecified atom stereocenters. The fourth-order valence-corrected chi connectivity index (χ4v) is 2.16. The number of benzene rings is 1. The van der Waals surface area contributed by atoms with Gasteiger partial charge in [0.15, 0.2) is 11.5 Å².